The second-order valence-corrected chi connectivity index (χ2v) is 8.55. The molecular formula is C17H16ClN3O6S. The van der Waals surface area contributed by atoms with E-state index in [-0.39, 0.29) is 34.9 Å². The summed E-state index contributed by atoms with van der Waals surface area (Å²) in [4.78, 5) is 23.2. The molecule has 0 fully saturated rings. The SMILES string of the molecule is Cc1c(NC(=O)C2CN(S(C)(=O)=O)c3cc(Cl)ccc3O2)cccc1[N+](=O)[O-]. The molecule has 9 nitrogen and oxygen atoms in total. The van der Waals surface area contributed by atoms with Crippen molar-refractivity contribution in [1.29, 1.82) is 0 Å². The number of nitrogens with zero attached hydrogens (tertiary/aromatic N) is 2. The van der Waals surface area contributed by atoms with Crippen LogP contribution in [-0.2, 0) is 14.8 Å². The molecule has 0 radical (unpaired) electrons. The molecule has 3 rings (SSSR count). The van der Waals surface area contributed by atoms with Crippen molar-refractivity contribution in [3.05, 3.63) is 57.1 Å². The Balaban J connectivity index is 1.91. The smallest absolute Gasteiger partial charge is 0.274 e. The van der Waals surface area contributed by atoms with E-state index in [2.05, 4.69) is 5.32 Å². The summed E-state index contributed by atoms with van der Waals surface area (Å²) in [7, 11) is -3.70. The van der Waals surface area contributed by atoms with Crippen molar-refractivity contribution in [1.82, 2.24) is 0 Å². The van der Waals surface area contributed by atoms with Crippen LogP contribution in [0.4, 0.5) is 17.1 Å². The van der Waals surface area contributed by atoms with E-state index >= 15 is 0 Å². The number of sulfonamides is 1. The summed E-state index contributed by atoms with van der Waals surface area (Å²) in [6, 6.07) is 8.73. The first kappa shape index (κ1) is 19.9. The second kappa shape index (κ2) is 7.28. The largest absolute Gasteiger partial charge is 0.476 e. The summed E-state index contributed by atoms with van der Waals surface area (Å²) in [5, 5.41) is 14.0. The first-order valence-corrected chi connectivity index (χ1v) is 10.3. The van der Waals surface area contributed by atoms with E-state index in [9.17, 15) is 23.3 Å². The Morgan fingerprint density at radius 1 is 1.36 bits per heavy atom. The van der Waals surface area contributed by atoms with Gasteiger partial charge in [-0.05, 0) is 31.2 Å². The van der Waals surface area contributed by atoms with Gasteiger partial charge in [0.15, 0.2) is 6.10 Å². The van der Waals surface area contributed by atoms with Gasteiger partial charge in [0.25, 0.3) is 11.6 Å². The van der Waals surface area contributed by atoms with Gasteiger partial charge < -0.3 is 10.1 Å². The van der Waals surface area contributed by atoms with Crippen LogP contribution in [0.1, 0.15) is 5.56 Å². The molecule has 0 saturated heterocycles. The van der Waals surface area contributed by atoms with Crippen molar-refractivity contribution in [3.8, 4) is 5.75 Å². The van der Waals surface area contributed by atoms with E-state index < -0.39 is 27.0 Å². The maximum absolute atomic E-state index is 12.7. The van der Waals surface area contributed by atoms with Crippen molar-refractivity contribution >= 4 is 44.6 Å². The summed E-state index contributed by atoms with van der Waals surface area (Å²) in [6.07, 6.45) is -0.134. The summed E-state index contributed by atoms with van der Waals surface area (Å²) >= 11 is 5.94. The van der Waals surface area contributed by atoms with Gasteiger partial charge in [0.2, 0.25) is 10.0 Å². The Morgan fingerprint density at radius 2 is 2.07 bits per heavy atom. The van der Waals surface area contributed by atoms with E-state index in [4.69, 9.17) is 16.3 Å². The number of hydrogen-bond donors (Lipinski definition) is 1. The molecular weight excluding hydrogens is 410 g/mol. The Morgan fingerprint density at radius 3 is 2.71 bits per heavy atom. The van der Waals surface area contributed by atoms with Gasteiger partial charge in [-0.2, -0.15) is 0 Å². The molecule has 28 heavy (non-hydrogen) atoms. The summed E-state index contributed by atoms with van der Waals surface area (Å²) in [5.74, 6) is -0.435. The highest BCUT2D eigenvalue weighted by Gasteiger charge is 2.35. The molecule has 1 N–H and O–H groups in total. The minimum Gasteiger partial charge on any atom is -0.476 e. The van der Waals surface area contributed by atoms with E-state index in [0.717, 1.165) is 10.6 Å². The highest BCUT2D eigenvalue weighted by molar-refractivity contribution is 7.92. The maximum Gasteiger partial charge on any atom is 0.274 e. The van der Waals surface area contributed by atoms with Gasteiger partial charge in [-0.1, -0.05) is 17.7 Å². The van der Waals surface area contributed by atoms with Gasteiger partial charge in [0.05, 0.1) is 34.7 Å². The minimum atomic E-state index is -3.70. The van der Waals surface area contributed by atoms with E-state index in [1.165, 1.54) is 43.3 Å². The average molecular weight is 426 g/mol. The van der Waals surface area contributed by atoms with Gasteiger partial charge in [-0.15, -0.1) is 0 Å². The first-order valence-electron chi connectivity index (χ1n) is 8.06. The van der Waals surface area contributed by atoms with Gasteiger partial charge in [0, 0.05) is 11.1 Å². The van der Waals surface area contributed by atoms with Crippen LogP contribution in [0.25, 0.3) is 0 Å². The van der Waals surface area contributed by atoms with Crippen LogP contribution >= 0.6 is 11.6 Å². The lowest BCUT2D eigenvalue weighted by Crippen LogP contribution is -2.48. The number of benzene rings is 2. The normalized spacial score (nSPS) is 16.1. The number of anilines is 2. The molecule has 2 aromatic carbocycles. The summed E-state index contributed by atoms with van der Waals surface area (Å²) < 4.78 is 31.1. The fraction of sp³-hybridized carbons (Fsp3) is 0.235. The molecule has 1 heterocycles. The third-order valence-corrected chi connectivity index (χ3v) is 5.62. The lowest BCUT2D eigenvalue weighted by atomic mass is 10.1. The first-order chi connectivity index (χ1) is 13.1. The number of amides is 1. The van der Waals surface area contributed by atoms with E-state index in [0.29, 0.717) is 5.02 Å². The minimum absolute atomic E-state index is 0.139. The predicted molar refractivity (Wildman–Crippen MR) is 105 cm³/mol. The zero-order chi connectivity index (χ0) is 20.6. The molecule has 148 valence electrons. The molecule has 0 saturated carbocycles. The topological polar surface area (TPSA) is 119 Å². The Hall–Kier alpha value is -2.85. The maximum atomic E-state index is 12.7. The van der Waals surface area contributed by atoms with Gasteiger partial charge in [0.1, 0.15) is 5.75 Å². The molecule has 1 amide bonds. The Labute approximate surface area is 166 Å². The quantitative estimate of drug-likeness (QED) is 0.594. The monoisotopic (exact) mass is 425 g/mol. The van der Waals surface area contributed by atoms with Gasteiger partial charge >= 0.3 is 0 Å². The molecule has 2 aromatic rings. The number of carbonyl (C=O) groups excluding carboxylic acids is 1. The zero-order valence-corrected chi connectivity index (χ0v) is 16.5. The van der Waals surface area contributed by atoms with Crippen molar-refractivity contribution in [2.75, 3.05) is 22.4 Å². The Kier molecular flexibility index (Phi) is 5.18. The van der Waals surface area contributed by atoms with E-state index in [1.54, 1.807) is 0 Å². The lowest BCUT2D eigenvalue weighted by Gasteiger charge is -2.34. The van der Waals surface area contributed by atoms with Crippen molar-refractivity contribution in [2.24, 2.45) is 0 Å². The second-order valence-electron chi connectivity index (χ2n) is 6.21. The molecule has 0 aliphatic carbocycles. The third kappa shape index (κ3) is 3.87. The molecule has 0 bridgehead atoms. The summed E-state index contributed by atoms with van der Waals surface area (Å²) in [5.41, 5.74) is 0.630. The number of carbonyl (C=O) groups is 1. The van der Waals surface area contributed by atoms with Gasteiger partial charge in [-0.3, -0.25) is 19.2 Å². The van der Waals surface area contributed by atoms with Crippen molar-refractivity contribution in [3.63, 3.8) is 0 Å². The fourth-order valence-corrected chi connectivity index (χ4v) is 3.92. The summed E-state index contributed by atoms with van der Waals surface area (Å²) in [6.45, 7) is 1.25. The van der Waals surface area contributed by atoms with Crippen molar-refractivity contribution < 1.29 is 22.9 Å². The average Bonchev–Trinajstić information content (AvgIpc) is 2.61. The lowest BCUT2D eigenvalue weighted by molar-refractivity contribution is -0.385. The molecule has 0 aromatic heterocycles. The predicted octanol–water partition coefficient (Wildman–Crippen LogP) is 2.72. The number of nitrogens with one attached hydrogen (secondary N) is 1. The number of rotatable bonds is 4. The number of hydrogen-bond acceptors (Lipinski definition) is 6. The van der Waals surface area contributed by atoms with Crippen molar-refractivity contribution in [2.45, 2.75) is 13.0 Å². The van der Waals surface area contributed by atoms with Crippen LogP contribution in [0.2, 0.25) is 5.02 Å². The number of fused-ring (bicyclic) bond motifs is 1. The highest BCUT2D eigenvalue weighted by Crippen LogP contribution is 2.37. The molecule has 1 unspecified atom stereocenters. The van der Waals surface area contributed by atoms with Crippen LogP contribution < -0.4 is 14.4 Å². The highest BCUT2D eigenvalue weighted by atomic mass is 35.5. The standard InChI is InChI=1S/C17H16ClN3O6S/c1-10-12(4-3-5-13(10)21(23)24)19-17(22)16-9-20(28(2,25)26)14-8-11(18)6-7-15(14)27-16/h3-8,16H,9H2,1-2H3,(H,19,22). The molecule has 1 aliphatic rings. The molecule has 0 spiro atoms. The van der Waals surface area contributed by atoms with Crippen LogP contribution in [0, 0.1) is 17.0 Å². The molecule has 1 aliphatic heterocycles. The zero-order valence-electron chi connectivity index (χ0n) is 14.9. The van der Waals surface area contributed by atoms with Crippen LogP contribution in [0.3, 0.4) is 0 Å². The van der Waals surface area contributed by atoms with Crippen LogP contribution in [-0.4, -0.2) is 38.2 Å². The fourth-order valence-electron chi connectivity index (χ4n) is 2.84. The molecule has 1 atom stereocenters. The Bertz CT molecular complexity index is 1070. The van der Waals surface area contributed by atoms with E-state index in [1.807, 2.05) is 0 Å². The molecule has 11 heteroatoms. The number of nitro groups is 1. The van der Waals surface area contributed by atoms with Crippen LogP contribution in [0.15, 0.2) is 36.4 Å². The number of nitro benzene ring substituents is 1. The number of halogens is 1. The third-order valence-electron chi connectivity index (χ3n) is 4.24. The van der Waals surface area contributed by atoms with Crippen LogP contribution in [0.5, 0.6) is 5.75 Å². The number of ether oxygens (including phenoxy) is 1. The van der Waals surface area contributed by atoms with Gasteiger partial charge in [-0.25, -0.2) is 8.42 Å².